The van der Waals surface area contributed by atoms with Gasteiger partial charge in [0.25, 0.3) is 0 Å². The molecule has 8 atom stereocenters. The largest absolute Gasteiger partial charge is 0.394 e. The third kappa shape index (κ3) is 41.9. The van der Waals surface area contributed by atoms with Crippen molar-refractivity contribution in [2.24, 2.45) is 0 Å². The second-order valence-corrected chi connectivity index (χ2v) is 23.1. The van der Waals surface area contributed by atoms with Gasteiger partial charge in [0.2, 0.25) is 5.91 Å². The summed E-state index contributed by atoms with van der Waals surface area (Å²) in [4.78, 5) is 13.2. The van der Waals surface area contributed by atoms with Gasteiger partial charge in [0.1, 0.15) is 30.5 Å². The van der Waals surface area contributed by atoms with Crippen molar-refractivity contribution in [1.82, 2.24) is 5.32 Å². The number of ether oxygens (including phenoxy) is 2. The Morgan fingerprint density at radius 3 is 1.09 bits per heavy atom. The molecule has 74 heavy (non-hydrogen) atoms. The van der Waals surface area contributed by atoms with E-state index in [2.05, 4.69) is 19.2 Å². The summed E-state index contributed by atoms with van der Waals surface area (Å²) in [5, 5.41) is 65.2. The number of hydrogen-bond donors (Lipinski definition) is 7. The number of carbonyl (C=O) groups excluding carboxylic acids is 1. The first-order chi connectivity index (χ1) is 36.3. The number of unbranched alkanes of at least 4 members (excludes halogenated alkanes) is 46. The van der Waals surface area contributed by atoms with E-state index in [-0.39, 0.29) is 6.61 Å². The van der Waals surface area contributed by atoms with Crippen LogP contribution in [0.15, 0.2) is 12.2 Å². The summed E-state index contributed by atoms with van der Waals surface area (Å²) in [5.74, 6) is -0.608. The molecular weight excluding hydrogens is 927 g/mol. The molecule has 0 aromatic heterocycles. The van der Waals surface area contributed by atoms with Gasteiger partial charge in [-0.2, -0.15) is 0 Å². The third-order valence-corrected chi connectivity index (χ3v) is 16.0. The van der Waals surface area contributed by atoms with Crippen molar-refractivity contribution in [1.29, 1.82) is 0 Å². The minimum Gasteiger partial charge on any atom is -0.394 e. The number of hydrogen-bond acceptors (Lipinski definition) is 9. The van der Waals surface area contributed by atoms with E-state index in [0.29, 0.717) is 6.42 Å². The van der Waals surface area contributed by atoms with Crippen LogP contribution in [0.5, 0.6) is 0 Å². The van der Waals surface area contributed by atoms with E-state index in [9.17, 15) is 35.4 Å². The van der Waals surface area contributed by atoms with Gasteiger partial charge in [-0.25, -0.2) is 0 Å². The number of nitrogens with one attached hydrogen (secondary N) is 1. The Labute approximate surface area is 457 Å². The standard InChI is InChI=1S/C64H125NO9/c1-3-5-7-9-11-13-15-17-19-21-22-23-24-25-26-27-28-29-30-31-32-33-34-35-37-39-41-43-45-47-49-51-53-58(68)63(72)65-56(55-73-64-62(71)61(70)60(69)59(54-66)74-64)57(67)52-50-48-46-44-42-40-38-36-20-18-16-14-12-10-8-6-4-2/h50,52,56-62,64,66-71H,3-49,51,53-55H2,1-2H3,(H,65,72)/b52-50+. The summed E-state index contributed by atoms with van der Waals surface area (Å²) < 4.78 is 11.2. The Balaban J connectivity index is 2.14. The lowest BCUT2D eigenvalue weighted by atomic mass is 9.99. The molecule has 1 fully saturated rings. The Hall–Kier alpha value is -1.11. The molecule has 1 heterocycles. The van der Waals surface area contributed by atoms with Crippen LogP contribution in [0.2, 0.25) is 0 Å². The van der Waals surface area contributed by atoms with Gasteiger partial charge < -0.3 is 45.4 Å². The topological polar surface area (TPSA) is 169 Å². The second-order valence-electron chi connectivity index (χ2n) is 23.1. The first kappa shape index (κ1) is 70.9. The van der Waals surface area contributed by atoms with Crippen LogP contribution in [0.1, 0.15) is 328 Å². The SMILES string of the molecule is CCCCCCCCCCCCCCCCC/C=C/C(O)C(COC1OC(CO)C(O)C(O)C1O)NC(=O)C(O)CCCCCCCCCCCCCCCCCCCCCCCCCCCCCCCCCC. The highest BCUT2D eigenvalue weighted by Crippen LogP contribution is 2.23. The van der Waals surface area contributed by atoms with Crippen LogP contribution in [0, 0.1) is 0 Å². The van der Waals surface area contributed by atoms with E-state index in [0.717, 1.165) is 44.9 Å². The zero-order valence-corrected chi connectivity index (χ0v) is 48.7. The van der Waals surface area contributed by atoms with Crippen LogP contribution in [0.4, 0.5) is 0 Å². The van der Waals surface area contributed by atoms with Crippen molar-refractivity contribution in [3.8, 4) is 0 Å². The first-order valence-electron chi connectivity index (χ1n) is 32.5. The molecule has 7 N–H and O–H groups in total. The number of rotatable bonds is 57. The maximum absolute atomic E-state index is 13.2. The summed E-state index contributed by atoms with van der Waals surface area (Å²) in [7, 11) is 0. The predicted octanol–water partition coefficient (Wildman–Crippen LogP) is 15.7. The van der Waals surface area contributed by atoms with Crippen molar-refractivity contribution >= 4 is 5.91 Å². The Morgan fingerprint density at radius 1 is 0.459 bits per heavy atom. The Bertz CT molecular complexity index is 1190. The fourth-order valence-corrected chi connectivity index (χ4v) is 10.8. The average Bonchev–Trinajstić information content (AvgIpc) is 3.40. The fraction of sp³-hybridized carbons (Fsp3) is 0.953. The first-order valence-corrected chi connectivity index (χ1v) is 32.5. The molecule has 8 unspecified atom stereocenters. The molecule has 0 aliphatic carbocycles. The predicted molar refractivity (Wildman–Crippen MR) is 310 cm³/mol. The van der Waals surface area contributed by atoms with Crippen LogP contribution >= 0.6 is 0 Å². The zero-order chi connectivity index (χ0) is 53.8. The lowest BCUT2D eigenvalue weighted by molar-refractivity contribution is -0.302. The Morgan fingerprint density at radius 2 is 0.770 bits per heavy atom. The molecule has 1 aliphatic rings. The van der Waals surface area contributed by atoms with E-state index >= 15 is 0 Å². The average molecular weight is 1050 g/mol. The maximum atomic E-state index is 13.2. The Kier molecular flexibility index (Phi) is 51.6. The number of aliphatic hydroxyl groups is 6. The molecule has 1 amide bonds. The van der Waals surface area contributed by atoms with E-state index < -0.39 is 61.5 Å². The van der Waals surface area contributed by atoms with Gasteiger partial charge in [-0.1, -0.05) is 321 Å². The quantitative estimate of drug-likeness (QED) is 0.0232. The zero-order valence-electron chi connectivity index (χ0n) is 48.7. The van der Waals surface area contributed by atoms with Gasteiger partial charge in [0.15, 0.2) is 6.29 Å². The van der Waals surface area contributed by atoms with Crippen LogP contribution in [0.25, 0.3) is 0 Å². The van der Waals surface area contributed by atoms with Crippen molar-refractivity contribution in [2.75, 3.05) is 13.2 Å². The van der Waals surface area contributed by atoms with Crippen LogP contribution in [0.3, 0.4) is 0 Å². The fourth-order valence-electron chi connectivity index (χ4n) is 10.8. The minimum absolute atomic E-state index is 0.300. The van der Waals surface area contributed by atoms with Crippen LogP contribution in [-0.4, -0.2) is 98.7 Å². The number of allylic oxidation sites excluding steroid dienone is 1. The molecule has 10 nitrogen and oxygen atoms in total. The number of amides is 1. The highest BCUT2D eigenvalue weighted by molar-refractivity contribution is 5.80. The van der Waals surface area contributed by atoms with Gasteiger partial charge in [0.05, 0.1) is 25.4 Å². The molecule has 440 valence electrons. The monoisotopic (exact) mass is 1050 g/mol. The van der Waals surface area contributed by atoms with Crippen molar-refractivity contribution in [3.63, 3.8) is 0 Å². The molecule has 0 spiro atoms. The van der Waals surface area contributed by atoms with Gasteiger partial charge in [-0.3, -0.25) is 4.79 Å². The molecule has 0 aromatic rings. The van der Waals surface area contributed by atoms with E-state index in [4.69, 9.17) is 9.47 Å². The van der Waals surface area contributed by atoms with Crippen molar-refractivity contribution in [3.05, 3.63) is 12.2 Å². The lowest BCUT2D eigenvalue weighted by Crippen LogP contribution is -2.60. The molecular formula is C64H125NO9. The van der Waals surface area contributed by atoms with Gasteiger partial charge in [-0.15, -0.1) is 0 Å². The van der Waals surface area contributed by atoms with Crippen LogP contribution in [-0.2, 0) is 14.3 Å². The minimum atomic E-state index is -1.61. The summed E-state index contributed by atoms with van der Waals surface area (Å²) in [5.41, 5.74) is 0. The highest BCUT2D eigenvalue weighted by Gasteiger charge is 2.44. The van der Waals surface area contributed by atoms with Crippen LogP contribution < -0.4 is 5.32 Å². The molecule has 10 heteroatoms. The molecule has 0 saturated carbocycles. The number of carbonyl (C=O) groups is 1. The lowest BCUT2D eigenvalue weighted by Gasteiger charge is -2.40. The van der Waals surface area contributed by atoms with Crippen molar-refractivity contribution in [2.45, 2.75) is 377 Å². The normalized spacial score (nSPS) is 19.4. The molecule has 0 aromatic carbocycles. The second kappa shape index (κ2) is 53.9. The molecule has 1 saturated heterocycles. The molecule has 0 radical (unpaired) electrons. The van der Waals surface area contributed by atoms with E-state index in [1.807, 2.05) is 6.08 Å². The van der Waals surface area contributed by atoms with Gasteiger partial charge in [-0.05, 0) is 19.3 Å². The van der Waals surface area contributed by atoms with Gasteiger partial charge in [0, 0.05) is 0 Å². The highest BCUT2D eigenvalue weighted by atomic mass is 16.7. The summed E-state index contributed by atoms with van der Waals surface area (Å²) >= 11 is 0. The van der Waals surface area contributed by atoms with E-state index in [1.54, 1.807) is 6.08 Å². The molecule has 0 bridgehead atoms. The maximum Gasteiger partial charge on any atom is 0.249 e. The van der Waals surface area contributed by atoms with Crippen molar-refractivity contribution < 1.29 is 44.9 Å². The smallest absolute Gasteiger partial charge is 0.249 e. The van der Waals surface area contributed by atoms with Gasteiger partial charge >= 0.3 is 0 Å². The van der Waals surface area contributed by atoms with E-state index in [1.165, 1.54) is 263 Å². The summed E-state index contributed by atoms with van der Waals surface area (Å²) in [6.07, 6.45) is 57.7. The third-order valence-electron chi connectivity index (χ3n) is 16.0. The summed E-state index contributed by atoms with van der Waals surface area (Å²) in [6, 6.07) is -0.977. The molecule has 1 aliphatic heterocycles. The number of aliphatic hydroxyl groups excluding tert-OH is 6. The molecule has 1 rings (SSSR count). The summed E-state index contributed by atoms with van der Waals surface area (Å²) in [6.45, 7) is 3.67.